The molecule has 1 amide bonds. The predicted molar refractivity (Wildman–Crippen MR) is 127 cm³/mol. The monoisotopic (exact) mass is 439 g/mol. The highest BCUT2D eigenvalue weighted by atomic mass is 32.1. The molecule has 6 heteroatoms. The van der Waals surface area contributed by atoms with Crippen molar-refractivity contribution in [3.05, 3.63) is 70.9 Å². The van der Waals surface area contributed by atoms with E-state index >= 15 is 0 Å². The maximum absolute atomic E-state index is 13.4. The van der Waals surface area contributed by atoms with Crippen molar-refractivity contribution < 1.29 is 9.18 Å². The second-order valence-electron chi connectivity index (χ2n) is 8.96. The number of hydrogen-bond acceptors (Lipinski definition) is 4. The summed E-state index contributed by atoms with van der Waals surface area (Å²) in [7, 11) is 4.04. The van der Waals surface area contributed by atoms with E-state index in [0.717, 1.165) is 24.2 Å². The largest absolute Gasteiger partial charge is 0.309 e. The molecule has 3 rings (SSSR count). The van der Waals surface area contributed by atoms with E-state index in [9.17, 15) is 9.18 Å². The second kappa shape index (κ2) is 9.71. The zero-order valence-corrected chi connectivity index (χ0v) is 19.7. The van der Waals surface area contributed by atoms with E-state index in [0.29, 0.717) is 17.2 Å². The van der Waals surface area contributed by atoms with Crippen LogP contribution in [0.2, 0.25) is 0 Å². The summed E-state index contributed by atoms with van der Waals surface area (Å²) < 4.78 is 13.3. The molecule has 0 aliphatic rings. The minimum atomic E-state index is -0.279. The minimum Gasteiger partial charge on any atom is -0.309 e. The second-order valence-corrected chi connectivity index (χ2v) is 9.80. The Hall–Kier alpha value is -2.57. The van der Waals surface area contributed by atoms with Gasteiger partial charge in [0.2, 0.25) is 0 Å². The summed E-state index contributed by atoms with van der Waals surface area (Å²) in [4.78, 5) is 22.0. The van der Waals surface area contributed by atoms with Crippen molar-refractivity contribution in [2.24, 2.45) is 0 Å². The van der Waals surface area contributed by atoms with Crippen LogP contribution in [0.5, 0.6) is 0 Å². The Morgan fingerprint density at radius 3 is 2.23 bits per heavy atom. The Morgan fingerprint density at radius 2 is 1.65 bits per heavy atom. The van der Waals surface area contributed by atoms with Crippen LogP contribution in [0.3, 0.4) is 0 Å². The van der Waals surface area contributed by atoms with Crippen LogP contribution in [-0.2, 0) is 5.41 Å². The third-order valence-corrected chi connectivity index (χ3v) is 5.96. The molecule has 0 aliphatic heterocycles. The molecule has 0 radical (unpaired) electrons. The minimum absolute atomic E-state index is 0.0341. The molecule has 1 aromatic heterocycles. The van der Waals surface area contributed by atoms with Crippen LogP contribution in [0, 0.1) is 5.82 Å². The first-order valence-corrected chi connectivity index (χ1v) is 11.3. The SMILES string of the molecule is CN(C)CCCN(C(=O)c1ccc(C(C)(C)C)cc1)c1nc(-c2ccc(F)cc2)cs1. The molecule has 0 spiro atoms. The molecular weight excluding hydrogens is 409 g/mol. The molecule has 0 unspecified atom stereocenters. The van der Waals surface area contributed by atoms with E-state index in [1.54, 1.807) is 17.0 Å². The molecule has 164 valence electrons. The number of amides is 1. The maximum Gasteiger partial charge on any atom is 0.260 e. The number of carbonyl (C=O) groups is 1. The number of carbonyl (C=O) groups excluding carboxylic acids is 1. The topological polar surface area (TPSA) is 36.4 Å². The standard InChI is InChI=1S/C25H30FN3OS/c1-25(2,3)20-11-7-19(8-12-20)23(30)29(16-6-15-28(4)5)24-27-22(17-31-24)18-9-13-21(26)14-10-18/h7-14,17H,6,15-16H2,1-5H3. The van der Waals surface area contributed by atoms with Crippen LogP contribution < -0.4 is 4.90 Å². The fraction of sp³-hybridized carbons (Fsp3) is 0.360. The Labute approximate surface area is 188 Å². The van der Waals surface area contributed by atoms with Gasteiger partial charge in [-0.1, -0.05) is 32.9 Å². The highest BCUT2D eigenvalue weighted by Gasteiger charge is 2.22. The van der Waals surface area contributed by atoms with E-state index in [-0.39, 0.29) is 17.1 Å². The van der Waals surface area contributed by atoms with E-state index in [4.69, 9.17) is 4.98 Å². The lowest BCUT2D eigenvalue weighted by Gasteiger charge is -2.22. The van der Waals surface area contributed by atoms with Gasteiger partial charge in [0.15, 0.2) is 5.13 Å². The van der Waals surface area contributed by atoms with Gasteiger partial charge in [0.1, 0.15) is 5.82 Å². The quantitative estimate of drug-likeness (QED) is 0.464. The number of anilines is 1. The summed E-state index contributed by atoms with van der Waals surface area (Å²) in [5.74, 6) is -0.336. The zero-order valence-electron chi connectivity index (χ0n) is 18.9. The highest BCUT2D eigenvalue weighted by Crippen LogP contribution is 2.29. The summed E-state index contributed by atoms with van der Waals surface area (Å²) in [5.41, 5.74) is 3.45. The molecule has 0 saturated carbocycles. The third kappa shape index (κ3) is 5.99. The Bertz CT molecular complexity index is 1000. The fourth-order valence-corrected chi connectivity index (χ4v) is 4.10. The van der Waals surface area contributed by atoms with Crippen molar-refractivity contribution in [2.75, 3.05) is 32.1 Å². The van der Waals surface area contributed by atoms with Gasteiger partial charge < -0.3 is 4.90 Å². The van der Waals surface area contributed by atoms with Crippen LogP contribution >= 0.6 is 11.3 Å². The fourth-order valence-electron chi connectivity index (χ4n) is 3.24. The Morgan fingerprint density at radius 1 is 1.00 bits per heavy atom. The maximum atomic E-state index is 13.4. The van der Waals surface area contributed by atoms with Gasteiger partial charge in [-0.15, -0.1) is 11.3 Å². The van der Waals surface area contributed by atoms with Gasteiger partial charge in [-0.05, 0) is 74.4 Å². The van der Waals surface area contributed by atoms with Gasteiger partial charge in [-0.3, -0.25) is 9.69 Å². The molecule has 0 N–H and O–H groups in total. The molecule has 0 bridgehead atoms. The van der Waals surface area contributed by atoms with Crippen molar-refractivity contribution in [3.8, 4) is 11.3 Å². The molecule has 0 saturated heterocycles. The number of thiazole rings is 1. The molecule has 2 aromatic carbocycles. The number of halogens is 1. The van der Waals surface area contributed by atoms with Crippen molar-refractivity contribution in [3.63, 3.8) is 0 Å². The lowest BCUT2D eigenvalue weighted by molar-refractivity contribution is 0.0986. The van der Waals surface area contributed by atoms with Crippen molar-refractivity contribution in [1.29, 1.82) is 0 Å². The van der Waals surface area contributed by atoms with Crippen LogP contribution in [0.1, 0.15) is 43.1 Å². The van der Waals surface area contributed by atoms with Gasteiger partial charge in [0.05, 0.1) is 5.69 Å². The highest BCUT2D eigenvalue weighted by molar-refractivity contribution is 7.14. The Kier molecular flexibility index (Phi) is 7.23. The number of benzene rings is 2. The normalized spacial score (nSPS) is 11.7. The van der Waals surface area contributed by atoms with E-state index in [2.05, 4.69) is 25.7 Å². The number of nitrogens with zero attached hydrogens (tertiary/aromatic N) is 3. The van der Waals surface area contributed by atoms with Crippen molar-refractivity contribution in [2.45, 2.75) is 32.6 Å². The summed E-state index contributed by atoms with van der Waals surface area (Å²) in [6.07, 6.45) is 0.838. The molecule has 0 atom stereocenters. The van der Waals surface area contributed by atoms with E-state index in [1.165, 1.54) is 29.0 Å². The smallest absolute Gasteiger partial charge is 0.260 e. The molecular formula is C25H30FN3OS. The Balaban J connectivity index is 1.87. The lowest BCUT2D eigenvalue weighted by Crippen LogP contribution is -2.33. The lowest BCUT2D eigenvalue weighted by atomic mass is 9.86. The van der Waals surface area contributed by atoms with Gasteiger partial charge in [0.25, 0.3) is 5.91 Å². The van der Waals surface area contributed by atoms with Crippen molar-refractivity contribution >= 4 is 22.4 Å². The van der Waals surface area contributed by atoms with Crippen LogP contribution in [0.25, 0.3) is 11.3 Å². The van der Waals surface area contributed by atoms with Gasteiger partial charge in [-0.2, -0.15) is 0 Å². The summed E-state index contributed by atoms with van der Waals surface area (Å²) >= 11 is 1.43. The first-order chi connectivity index (χ1) is 14.6. The molecule has 1 heterocycles. The third-order valence-electron chi connectivity index (χ3n) is 5.09. The first kappa shape index (κ1) is 23.1. The molecule has 0 fully saturated rings. The van der Waals surface area contributed by atoms with E-state index in [1.807, 2.05) is 43.7 Å². The molecule has 31 heavy (non-hydrogen) atoms. The van der Waals surface area contributed by atoms with Gasteiger partial charge >= 0.3 is 0 Å². The summed E-state index contributed by atoms with van der Waals surface area (Å²) in [5, 5.41) is 2.57. The van der Waals surface area contributed by atoms with Crippen LogP contribution in [0.15, 0.2) is 53.9 Å². The van der Waals surface area contributed by atoms with Crippen molar-refractivity contribution in [1.82, 2.24) is 9.88 Å². The first-order valence-electron chi connectivity index (χ1n) is 10.4. The van der Waals surface area contributed by atoms with Crippen LogP contribution in [-0.4, -0.2) is 43.0 Å². The molecule has 3 aromatic rings. The molecule has 0 aliphatic carbocycles. The van der Waals surface area contributed by atoms with Gasteiger partial charge in [-0.25, -0.2) is 9.37 Å². The predicted octanol–water partition coefficient (Wildman–Crippen LogP) is 5.85. The number of aromatic nitrogens is 1. The van der Waals surface area contributed by atoms with Gasteiger partial charge in [0, 0.05) is 23.1 Å². The average molecular weight is 440 g/mol. The molecule has 4 nitrogen and oxygen atoms in total. The van der Waals surface area contributed by atoms with Crippen LogP contribution in [0.4, 0.5) is 9.52 Å². The average Bonchev–Trinajstić information content (AvgIpc) is 3.20. The number of hydrogen-bond donors (Lipinski definition) is 0. The summed E-state index contributed by atoms with van der Waals surface area (Å²) in [6, 6.07) is 14.1. The van der Waals surface area contributed by atoms with E-state index < -0.39 is 0 Å². The zero-order chi connectivity index (χ0) is 22.6. The number of rotatable bonds is 7. The summed E-state index contributed by atoms with van der Waals surface area (Å²) in [6.45, 7) is 7.93.